The van der Waals surface area contributed by atoms with Crippen LogP contribution in [-0.4, -0.2) is 68.5 Å². The van der Waals surface area contributed by atoms with Crippen LogP contribution in [0.25, 0.3) is 16.9 Å². The largest absolute Gasteiger partial charge is 0.457 e. The van der Waals surface area contributed by atoms with Crippen molar-refractivity contribution in [3.8, 4) is 17.2 Å². The number of amides is 1. The van der Waals surface area contributed by atoms with Crippen LogP contribution < -0.4 is 16.2 Å². The van der Waals surface area contributed by atoms with E-state index >= 15 is 0 Å². The second kappa shape index (κ2) is 10.3. The summed E-state index contributed by atoms with van der Waals surface area (Å²) in [7, 11) is 3.89. The molecule has 5 rings (SSSR count). The molecule has 1 fully saturated rings. The molecule has 0 spiro atoms. The first-order chi connectivity index (χ1) is 17.9. The fourth-order valence-corrected chi connectivity index (χ4v) is 4.55. The van der Waals surface area contributed by atoms with Crippen molar-refractivity contribution in [3.05, 3.63) is 83.6 Å². The number of para-hydroxylation sites is 1. The lowest BCUT2D eigenvalue weighted by Crippen LogP contribution is -2.31. The van der Waals surface area contributed by atoms with Gasteiger partial charge in [0.2, 0.25) is 5.91 Å². The Morgan fingerprint density at radius 3 is 2.57 bits per heavy atom. The molecular formula is C27H29N7O3. The first-order valence-corrected chi connectivity index (χ1v) is 12.1. The first kappa shape index (κ1) is 24.3. The molecule has 3 heterocycles. The van der Waals surface area contributed by atoms with Crippen LogP contribution in [-0.2, 0) is 4.79 Å². The Hall–Kier alpha value is -4.44. The fraction of sp³-hybridized carbons (Fsp3) is 0.259. The molecule has 0 unspecified atom stereocenters. The van der Waals surface area contributed by atoms with E-state index in [-0.39, 0.29) is 23.5 Å². The molecule has 0 saturated carbocycles. The first-order valence-electron chi connectivity index (χ1n) is 12.1. The number of nitrogens with two attached hydrogens (primary N) is 1. The molecular weight excluding hydrogens is 470 g/mol. The maximum Gasteiger partial charge on any atom is 0.335 e. The number of carbonyl (C=O) groups excluding carboxylic acids is 1. The summed E-state index contributed by atoms with van der Waals surface area (Å²) in [6.07, 6.45) is 5.43. The van der Waals surface area contributed by atoms with Gasteiger partial charge < -0.3 is 20.3 Å². The van der Waals surface area contributed by atoms with Gasteiger partial charge in [0.1, 0.15) is 23.3 Å². The van der Waals surface area contributed by atoms with Gasteiger partial charge in [-0.25, -0.2) is 14.8 Å². The van der Waals surface area contributed by atoms with E-state index in [1.165, 1.54) is 10.9 Å². The van der Waals surface area contributed by atoms with E-state index in [1.54, 1.807) is 39.8 Å². The van der Waals surface area contributed by atoms with Crippen molar-refractivity contribution >= 4 is 22.9 Å². The summed E-state index contributed by atoms with van der Waals surface area (Å²) in [6, 6.07) is 16.4. The van der Waals surface area contributed by atoms with Gasteiger partial charge in [-0.15, -0.1) is 0 Å². The Labute approximate surface area is 214 Å². The molecule has 1 aliphatic rings. The number of carbonyl (C=O) groups is 1. The zero-order valence-corrected chi connectivity index (χ0v) is 20.8. The maximum absolute atomic E-state index is 13.8. The zero-order chi connectivity index (χ0) is 25.9. The normalized spacial score (nSPS) is 15.8. The summed E-state index contributed by atoms with van der Waals surface area (Å²) in [5.41, 5.74) is 7.47. The van der Waals surface area contributed by atoms with Gasteiger partial charge in [-0.2, -0.15) is 0 Å². The molecule has 10 heteroatoms. The minimum atomic E-state index is -0.277. The lowest BCUT2D eigenvalue weighted by atomic mass is 10.2. The number of likely N-dealkylation sites (tertiary alicyclic amines) is 1. The third-order valence-electron chi connectivity index (χ3n) is 6.33. The Bertz CT molecular complexity index is 1490. The van der Waals surface area contributed by atoms with E-state index in [0.29, 0.717) is 48.7 Å². The highest BCUT2D eigenvalue weighted by molar-refractivity contribution is 5.88. The molecule has 4 aromatic rings. The summed E-state index contributed by atoms with van der Waals surface area (Å²) in [5, 5.41) is 0. The molecule has 0 aliphatic carbocycles. The Morgan fingerprint density at radius 2 is 1.84 bits per heavy atom. The number of rotatable bonds is 7. The van der Waals surface area contributed by atoms with Crippen molar-refractivity contribution in [2.24, 2.45) is 0 Å². The van der Waals surface area contributed by atoms with Crippen LogP contribution in [0.15, 0.2) is 77.9 Å². The number of hydrogen-bond donors (Lipinski definition) is 1. The predicted octanol–water partition coefficient (Wildman–Crippen LogP) is 2.85. The molecule has 0 bridgehead atoms. The van der Waals surface area contributed by atoms with Crippen molar-refractivity contribution in [1.29, 1.82) is 0 Å². The van der Waals surface area contributed by atoms with Gasteiger partial charge in [-0.05, 0) is 56.9 Å². The Balaban J connectivity index is 1.46. The van der Waals surface area contributed by atoms with E-state index in [4.69, 9.17) is 10.5 Å². The van der Waals surface area contributed by atoms with E-state index < -0.39 is 0 Å². The SMILES string of the molecule is CN(C)CC=CC(=O)N1CC[C@H](n2c(=O)n(-c3ccc(Oc4ccccc4)cc3)c3c(N)ncnc32)C1. The smallest absolute Gasteiger partial charge is 0.335 e. The highest BCUT2D eigenvalue weighted by Gasteiger charge is 2.31. The average Bonchev–Trinajstić information content (AvgIpc) is 3.48. The van der Waals surface area contributed by atoms with E-state index in [9.17, 15) is 9.59 Å². The van der Waals surface area contributed by atoms with Crippen LogP contribution in [0.5, 0.6) is 11.5 Å². The molecule has 10 nitrogen and oxygen atoms in total. The number of anilines is 1. The minimum absolute atomic E-state index is 0.0655. The van der Waals surface area contributed by atoms with Gasteiger partial charge in [0.25, 0.3) is 0 Å². The summed E-state index contributed by atoms with van der Waals surface area (Å²) in [6.45, 7) is 1.65. The van der Waals surface area contributed by atoms with Gasteiger partial charge >= 0.3 is 5.69 Å². The van der Waals surface area contributed by atoms with E-state index in [2.05, 4.69) is 9.97 Å². The van der Waals surface area contributed by atoms with Crippen molar-refractivity contribution in [3.63, 3.8) is 0 Å². The van der Waals surface area contributed by atoms with Crippen LogP contribution in [0, 0.1) is 0 Å². The van der Waals surface area contributed by atoms with E-state index in [1.807, 2.05) is 55.4 Å². The number of aromatic nitrogens is 4. The summed E-state index contributed by atoms with van der Waals surface area (Å²) in [5.74, 6) is 1.51. The van der Waals surface area contributed by atoms with Crippen molar-refractivity contribution in [1.82, 2.24) is 28.9 Å². The summed E-state index contributed by atoms with van der Waals surface area (Å²) in [4.78, 5) is 38.7. The molecule has 1 atom stereocenters. The number of benzene rings is 2. The number of nitrogen functional groups attached to an aromatic ring is 1. The second-order valence-electron chi connectivity index (χ2n) is 9.22. The highest BCUT2D eigenvalue weighted by Crippen LogP contribution is 2.28. The van der Waals surface area contributed by atoms with Crippen molar-refractivity contribution in [2.45, 2.75) is 12.5 Å². The van der Waals surface area contributed by atoms with Crippen LogP contribution in [0.2, 0.25) is 0 Å². The molecule has 37 heavy (non-hydrogen) atoms. The number of likely N-dealkylation sites (N-methyl/N-ethyl adjacent to an activating group) is 1. The van der Waals surface area contributed by atoms with Gasteiger partial charge in [-0.1, -0.05) is 24.3 Å². The van der Waals surface area contributed by atoms with Gasteiger partial charge in [0, 0.05) is 25.7 Å². The van der Waals surface area contributed by atoms with E-state index in [0.717, 1.165) is 5.75 Å². The molecule has 2 aromatic heterocycles. The minimum Gasteiger partial charge on any atom is -0.457 e. The third kappa shape index (κ3) is 4.96. The van der Waals surface area contributed by atoms with Crippen molar-refractivity contribution in [2.75, 3.05) is 39.5 Å². The van der Waals surface area contributed by atoms with Crippen LogP contribution in [0.3, 0.4) is 0 Å². The number of nitrogens with zero attached hydrogens (tertiary/aromatic N) is 6. The standard InChI is InChI=1S/C27H29N7O3/c1-31(2)15-6-9-23(35)32-16-14-20(17-32)34-26-24(25(28)29-18-30-26)33(27(34)36)19-10-12-22(13-11-19)37-21-7-4-3-5-8-21/h3-13,18,20H,14-17H2,1-2H3,(H2,28,29,30)/t20-/m0/s1. The quantitative estimate of drug-likeness (QED) is 0.389. The van der Waals surface area contributed by atoms with Crippen LogP contribution in [0.4, 0.5) is 5.82 Å². The Kier molecular flexibility index (Phi) is 6.74. The van der Waals surface area contributed by atoms with Gasteiger partial charge in [-0.3, -0.25) is 13.9 Å². The highest BCUT2D eigenvalue weighted by atomic mass is 16.5. The molecule has 2 N–H and O–H groups in total. The average molecular weight is 500 g/mol. The third-order valence-corrected chi connectivity index (χ3v) is 6.33. The molecule has 1 aliphatic heterocycles. The van der Waals surface area contributed by atoms with Crippen LogP contribution >= 0.6 is 0 Å². The molecule has 190 valence electrons. The summed E-state index contributed by atoms with van der Waals surface area (Å²) >= 11 is 0. The fourth-order valence-electron chi connectivity index (χ4n) is 4.55. The monoisotopic (exact) mass is 499 g/mol. The predicted molar refractivity (Wildman–Crippen MR) is 142 cm³/mol. The lowest BCUT2D eigenvalue weighted by Gasteiger charge is -2.15. The summed E-state index contributed by atoms with van der Waals surface area (Å²) < 4.78 is 9.05. The maximum atomic E-state index is 13.8. The Morgan fingerprint density at radius 1 is 1.11 bits per heavy atom. The lowest BCUT2D eigenvalue weighted by molar-refractivity contribution is -0.125. The van der Waals surface area contributed by atoms with Gasteiger partial charge in [0.15, 0.2) is 11.5 Å². The van der Waals surface area contributed by atoms with Gasteiger partial charge in [0.05, 0.1) is 11.7 Å². The topological polar surface area (TPSA) is 112 Å². The molecule has 0 radical (unpaired) electrons. The number of imidazole rings is 1. The number of fused-ring (bicyclic) bond motifs is 1. The second-order valence-corrected chi connectivity index (χ2v) is 9.22. The molecule has 2 aromatic carbocycles. The van der Waals surface area contributed by atoms with Crippen LogP contribution in [0.1, 0.15) is 12.5 Å². The number of hydrogen-bond acceptors (Lipinski definition) is 7. The van der Waals surface area contributed by atoms with Crippen molar-refractivity contribution < 1.29 is 9.53 Å². The zero-order valence-electron chi connectivity index (χ0n) is 20.8. The number of ether oxygens (including phenoxy) is 1. The molecule has 1 saturated heterocycles. The molecule has 1 amide bonds.